The topological polar surface area (TPSA) is 27.7 Å². The first kappa shape index (κ1) is 14.6. The summed E-state index contributed by atoms with van der Waals surface area (Å²) in [6.45, 7) is 10.4. The van der Waals surface area contributed by atoms with Crippen LogP contribution in [0.15, 0.2) is 24.4 Å². The number of hydrogen-bond acceptors (Lipinski definition) is 1. The molecule has 0 amide bonds. The van der Waals surface area contributed by atoms with Gasteiger partial charge in [-0.15, -0.1) is 0 Å². The molecule has 1 heterocycles. The van der Waals surface area contributed by atoms with Crippen molar-refractivity contribution < 1.29 is 4.57 Å². The average Bonchev–Trinajstić information content (AvgIpc) is 2.37. The van der Waals surface area contributed by atoms with Crippen molar-refractivity contribution in [2.24, 2.45) is 0 Å². The smallest absolute Gasteiger partial charge is 0.181 e. The molecule has 0 N–H and O–H groups in total. The molecule has 0 unspecified atom stereocenters. The van der Waals surface area contributed by atoms with Gasteiger partial charge in [0.2, 0.25) is 0 Å². The molecular formula is C14H22N2. The van der Waals surface area contributed by atoms with E-state index in [1.165, 1.54) is 44.3 Å². The third kappa shape index (κ3) is 5.50. The molecule has 0 aromatic carbocycles. The van der Waals surface area contributed by atoms with Crippen molar-refractivity contribution in [1.29, 1.82) is 5.26 Å². The maximum absolute atomic E-state index is 6.25. The highest BCUT2D eigenvalue weighted by Gasteiger charge is 2.07. The molecule has 0 saturated heterocycles. The zero-order valence-electron chi connectivity index (χ0n) is 10.4. The van der Waals surface area contributed by atoms with Crippen molar-refractivity contribution in [3.63, 3.8) is 0 Å². The minimum atomic E-state index is 1.18. The van der Waals surface area contributed by atoms with E-state index in [2.05, 4.69) is 42.8 Å². The Kier molecular flexibility index (Phi) is 9.30. The number of aryl methyl sites for hydroxylation is 2. The van der Waals surface area contributed by atoms with Crippen molar-refractivity contribution in [2.45, 2.75) is 52.5 Å². The van der Waals surface area contributed by atoms with E-state index in [0.717, 1.165) is 0 Å². The van der Waals surface area contributed by atoms with Gasteiger partial charge in [0.15, 0.2) is 11.9 Å². The second kappa shape index (κ2) is 10.2. The number of nitrogens with zero attached hydrogens (tertiary/aromatic N) is 2. The summed E-state index contributed by atoms with van der Waals surface area (Å²) < 4.78 is 2.40. The molecule has 0 aliphatic carbocycles. The van der Waals surface area contributed by atoms with Gasteiger partial charge in [-0.25, -0.2) is 4.57 Å². The monoisotopic (exact) mass is 218 g/mol. The number of unbranched alkanes of at least 4 members (excludes halogenated alkanes) is 2. The van der Waals surface area contributed by atoms with Crippen LogP contribution in [-0.2, 0) is 13.0 Å². The molecule has 0 fully saturated rings. The molecule has 0 aliphatic rings. The summed E-state index contributed by atoms with van der Waals surface area (Å²) >= 11 is 0. The molecule has 1 rings (SSSR count). The first-order valence-electron chi connectivity index (χ1n) is 6.08. The summed E-state index contributed by atoms with van der Waals surface area (Å²) in [5, 5.41) is 6.25. The molecule has 0 bridgehead atoms. The molecular weight excluding hydrogens is 196 g/mol. The number of rotatable bonds is 6. The van der Waals surface area contributed by atoms with Crippen molar-refractivity contribution in [3.05, 3.63) is 36.7 Å². The van der Waals surface area contributed by atoms with Gasteiger partial charge in [0, 0.05) is 25.0 Å². The summed E-state index contributed by atoms with van der Waals surface area (Å²) in [5.41, 5.74) is 1.49. The molecule has 0 radical (unpaired) electrons. The van der Waals surface area contributed by atoms with Crippen LogP contribution in [0.2, 0.25) is 0 Å². The standard InChI is InChI=1S/C13H22N.CN/c1-3-5-9-13-10-7-8-12-14(13)11-6-4-2;1-2/h7-8,10,12H,3-6,9,11H2,1-2H3;/q+1;-1. The van der Waals surface area contributed by atoms with E-state index < -0.39 is 0 Å². The van der Waals surface area contributed by atoms with E-state index in [9.17, 15) is 0 Å². The second-order valence-electron chi connectivity index (χ2n) is 3.84. The lowest BCUT2D eigenvalue weighted by Gasteiger charge is -2.02. The van der Waals surface area contributed by atoms with Crippen LogP contribution in [0.25, 0.3) is 0 Å². The predicted molar refractivity (Wildman–Crippen MR) is 65.1 cm³/mol. The van der Waals surface area contributed by atoms with Gasteiger partial charge in [-0.05, 0) is 6.42 Å². The van der Waals surface area contributed by atoms with Gasteiger partial charge in [0.25, 0.3) is 0 Å². The lowest BCUT2D eigenvalue weighted by Crippen LogP contribution is -2.37. The molecule has 16 heavy (non-hydrogen) atoms. The Balaban J connectivity index is 0.00000106. The molecule has 2 heteroatoms. The van der Waals surface area contributed by atoms with Crippen LogP contribution in [0.1, 0.15) is 45.2 Å². The van der Waals surface area contributed by atoms with E-state index >= 15 is 0 Å². The zero-order chi connectivity index (χ0) is 12.2. The Labute approximate surface area is 99.5 Å². The second-order valence-corrected chi connectivity index (χ2v) is 3.84. The Morgan fingerprint density at radius 1 is 1.12 bits per heavy atom. The number of aromatic nitrogens is 1. The highest BCUT2D eigenvalue weighted by atomic mass is 14.9. The lowest BCUT2D eigenvalue weighted by atomic mass is 10.2. The van der Waals surface area contributed by atoms with Crippen LogP contribution in [0.5, 0.6) is 0 Å². The average molecular weight is 218 g/mol. The van der Waals surface area contributed by atoms with Crippen LogP contribution >= 0.6 is 0 Å². The van der Waals surface area contributed by atoms with Crippen molar-refractivity contribution in [1.82, 2.24) is 0 Å². The summed E-state index contributed by atoms with van der Waals surface area (Å²) in [4.78, 5) is 0. The van der Waals surface area contributed by atoms with Gasteiger partial charge in [-0.2, -0.15) is 0 Å². The molecule has 0 saturated carbocycles. The van der Waals surface area contributed by atoms with E-state index in [1.54, 1.807) is 0 Å². The summed E-state index contributed by atoms with van der Waals surface area (Å²) in [5.74, 6) is 0. The Bertz CT molecular complexity index is 265. The lowest BCUT2D eigenvalue weighted by molar-refractivity contribution is -0.704. The van der Waals surface area contributed by atoms with Gasteiger partial charge in [0.1, 0.15) is 6.54 Å². The third-order valence-electron chi connectivity index (χ3n) is 2.57. The molecule has 1 aromatic heterocycles. The van der Waals surface area contributed by atoms with Crippen molar-refractivity contribution in [2.75, 3.05) is 0 Å². The summed E-state index contributed by atoms with van der Waals surface area (Å²) in [6.07, 6.45) is 8.57. The molecule has 2 nitrogen and oxygen atoms in total. The van der Waals surface area contributed by atoms with Gasteiger partial charge in [0.05, 0.1) is 0 Å². The van der Waals surface area contributed by atoms with E-state index in [4.69, 9.17) is 11.8 Å². The summed E-state index contributed by atoms with van der Waals surface area (Å²) in [7, 11) is 0. The van der Waals surface area contributed by atoms with Crippen LogP contribution in [0, 0.1) is 11.8 Å². The fraction of sp³-hybridized carbons (Fsp3) is 0.571. The largest absolute Gasteiger partial charge is 0.512 e. The molecule has 0 atom stereocenters. The molecule has 88 valence electrons. The maximum Gasteiger partial charge on any atom is 0.181 e. The van der Waals surface area contributed by atoms with Crippen LogP contribution < -0.4 is 4.57 Å². The molecule has 1 aromatic rings. The Morgan fingerprint density at radius 2 is 1.81 bits per heavy atom. The van der Waals surface area contributed by atoms with Gasteiger partial charge in [-0.1, -0.05) is 32.8 Å². The predicted octanol–water partition coefficient (Wildman–Crippen LogP) is 3.21. The summed E-state index contributed by atoms with van der Waals surface area (Å²) in [6, 6.07) is 6.53. The fourth-order valence-corrected chi connectivity index (χ4v) is 1.64. The quantitative estimate of drug-likeness (QED) is 0.532. The Morgan fingerprint density at radius 3 is 2.44 bits per heavy atom. The first-order chi connectivity index (χ1) is 7.88. The van der Waals surface area contributed by atoms with E-state index in [-0.39, 0.29) is 0 Å². The number of pyridine rings is 1. The first-order valence-corrected chi connectivity index (χ1v) is 6.08. The van der Waals surface area contributed by atoms with Crippen LogP contribution in [-0.4, -0.2) is 0 Å². The molecule has 0 spiro atoms. The van der Waals surface area contributed by atoms with E-state index in [1.807, 2.05) is 0 Å². The van der Waals surface area contributed by atoms with Gasteiger partial charge >= 0.3 is 0 Å². The van der Waals surface area contributed by atoms with Crippen LogP contribution in [0.3, 0.4) is 0 Å². The third-order valence-corrected chi connectivity index (χ3v) is 2.57. The van der Waals surface area contributed by atoms with Gasteiger partial charge in [-0.3, -0.25) is 0 Å². The highest BCUT2D eigenvalue weighted by molar-refractivity contribution is 4.97. The fourth-order valence-electron chi connectivity index (χ4n) is 1.64. The minimum absolute atomic E-state index is 1.18. The van der Waals surface area contributed by atoms with Gasteiger partial charge < -0.3 is 11.8 Å². The SMILES string of the molecule is CCCCc1cccc[n+]1CCCC.[C-]#N. The minimum Gasteiger partial charge on any atom is -0.512 e. The normalized spacial score (nSPS) is 9.25. The number of hydrogen-bond donors (Lipinski definition) is 0. The van der Waals surface area contributed by atoms with Crippen LogP contribution in [0.4, 0.5) is 0 Å². The maximum atomic E-state index is 6.25. The van der Waals surface area contributed by atoms with Crippen molar-refractivity contribution >= 4 is 0 Å². The van der Waals surface area contributed by atoms with E-state index in [0.29, 0.717) is 0 Å². The zero-order valence-corrected chi connectivity index (χ0v) is 10.4. The Hall–Kier alpha value is -1.36. The molecule has 0 aliphatic heterocycles. The van der Waals surface area contributed by atoms with Crippen molar-refractivity contribution in [3.8, 4) is 0 Å². The highest BCUT2D eigenvalue weighted by Crippen LogP contribution is 2.00.